The second kappa shape index (κ2) is 18.8. The van der Waals surface area contributed by atoms with Crippen LogP contribution in [0.5, 0.6) is 0 Å². The van der Waals surface area contributed by atoms with E-state index in [0.717, 1.165) is 0 Å². The minimum Gasteiger partial charge on any atom is -1.00 e. The molecule has 0 unspecified atom stereocenters. The SMILES string of the molecule is CCCCCCCCCCCCCCCC/C=C/[P+](C)(C)C.[Cl-]. The molecule has 0 fully saturated rings. The van der Waals surface area contributed by atoms with E-state index in [1.165, 1.54) is 96.3 Å². The number of unbranched alkanes of at least 4 members (excludes halogenated alkanes) is 14. The fourth-order valence-electron chi connectivity index (χ4n) is 2.85. The standard InChI is InChI=1S/C21H44P.ClH/c1-5-6-7-8-9-10-11-12-13-14-15-16-17-18-19-20-21-22(2,3)4;/h20-21H,5-19H2,1-4H3;1H/q+1;/p-1/b21-20+;. The van der Waals surface area contributed by atoms with Gasteiger partial charge in [-0.2, -0.15) is 0 Å². The molecule has 0 aromatic carbocycles. The summed E-state index contributed by atoms with van der Waals surface area (Å²) in [6.45, 7) is 9.45. The Morgan fingerprint density at radius 3 is 1.26 bits per heavy atom. The summed E-state index contributed by atoms with van der Waals surface area (Å²) < 4.78 is 0. The molecule has 0 N–H and O–H groups in total. The van der Waals surface area contributed by atoms with Crippen LogP contribution in [0.25, 0.3) is 0 Å². The number of rotatable bonds is 16. The number of allylic oxidation sites excluding steroid dienone is 1. The molecule has 0 aliphatic rings. The lowest BCUT2D eigenvalue weighted by atomic mass is 10.0. The van der Waals surface area contributed by atoms with Gasteiger partial charge >= 0.3 is 0 Å². The summed E-state index contributed by atoms with van der Waals surface area (Å²) in [6, 6.07) is 0. The highest BCUT2D eigenvalue weighted by atomic mass is 35.5. The van der Waals surface area contributed by atoms with Crippen molar-refractivity contribution in [2.75, 3.05) is 20.0 Å². The zero-order chi connectivity index (χ0) is 16.5. The Labute approximate surface area is 155 Å². The van der Waals surface area contributed by atoms with Crippen molar-refractivity contribution in [2.24, 2.45) is 0 Å². The van der Waals surface area contributed by atoms with E-state index in [1.54, 1.807) is 0 Å². The normalized spacial score (nSPS) is 11.8. The fraction of sp³-hybridized carbons (Fsp3) is 0.905. The molecule has 2 heteroatoms. The predicted octanol–water partition coefficient (Wildman–Crippen LogP) is 5.28. The number of halogens is 1. The zero-order valence-corrected chi connectivity index (χ0v) is 18.2. The third-order valence-electron chi connectivity index (χ3n) is 4.28. The Bertz CT molecular complexity index is 243. The highest BCUT2D eigenvalue weighted by molar-refractivity contribution is 7.76. The summed E-state index contributed by atoms with van der Waals surface area (Å²) in [5.41, 5.74) is 0. The van der Waals surface area contributed by atoms with Gasteiger partial charge in [-0.1, -0.05) is 90.4 Å². The molecule has 0 atom stereocenters. The maximum Gasteiger partial charge on any atom is 0.0539 e. The summed E-state index contributed by atoms with van der Waals surface area (Å²) >= 11 is 0. The van der Waals surface area contributed by atoms with Crippen LogP contribution in [0.15, 0.2) is 11.9 Å². The van der Waals surface area contributed by atoms with E-state index >= 15 is 0 Å². The van der Waals surface area contributed by atoms with Crippen LogP contribution in [0.1, 0.15) is 103 Å². The van der Waals surface area contributed by atoms with Gasteiger partial charge in [-0.25, -0.2) is 0 Å². The second-order valence-corrected chi connectivity index (χ2v) is 12.4. The summed E-state index contributed by atoms with van der Waals surface area (Å²) in [5, 5.41) is 0. The second-order valence-electron chi connectivity index (χ2n) is 7.89. The third kappa shape index (κ3) is 24.8. The molecule has 0 bridgehead atoms. The van der Waals surface area contributed by atoms with Crippen molar-refractivity contribution in [3.05, 3.63) is 11.9 Å². The minimum atomic E-state index is -0.684. The quantitative estimate of drug-likeness (QED) is 0.259. The van der Waals surface area contributed by atoms with Crippen LogP contribution in [0.2, 0.25) is 0 Å². The van der Waals surface area contributed by atoms with Gasteiger partial charge in [0.05, 0.1) is 25.8 Å². The van der Waals surface area contributed by atoms with Crippen molar-refractivity contribution in [3.8, 4) is 0 Å². The lowest BCUT2D eigenvalue weighted by Gasteiger charge is -2.04. The summed E-state index contributed by atoms with van der Waals surface area (Å²) in [6.07, 6.45) is 24.1. The van der Waals surface area contributed by atoms with Gasteiger partial charge < -0.3 is 12.4 Å². The van der Waals surface area contributed by atoms with Crippen molar-refractivity contribution >= 4 is 7.26 Å². The smallest absolute Gasteiger partial charge is 0.0539 e. The predicted molar refractivity (Wildman–Crippen MR) is 109 cm³/mol. The summed E-state index contributed by atoms with van der Waals surface area (Å²) in [4.78, 5) is 0. The molecule has 0 rings (SSSR count). The van der Waals surface area contributed by atoms with Crippen LogP contribution in [0.4, 0.5) is 0 Å². The first-order valence-electron chi connectivity index (χ1n) is 10.0. The Morgan fingerprint density at radius 1 is 0.565 bits per heavy atom. The number of hydrogen-bond donors (Lipinski definition) is 0. The van der Waals surface area contributed by atoms with Crippen molar-refractivity contribution in [2.45, 2.75) is 103 Å². The molecule has 0 heterocycles. The molecule has 0 saturated carbocycles. The van der Waals surface area contributed by atoms with E-state index in [2.05, 4.69) is 38.8 Å². The Balaban J connectivity index is 0. The highest BCUT2D eigenvalue weighted by Gasteiger charge is 2.10. The van der Waals surface area contributed by atoms with E-state index in [9.17, 15) is 0 Å². The van der Waals surface area contributed by atoms with Gasteiger partial charge in [0.2, 0.25) is 0 Å². The van der Waals surface area contributed by atoms with Crippen molar-refractivity contribution in [1.29, 1.82) is 0 Å². The fourth-order valence-corrected chi connectivity index (χ4v) is 3.63. The molecule has 0 nitrogen and oxygen atoms in total. The van der Waals surface area contributed by atoms with E-state index in [4.69, 9.17) is 0 Å². The maximum atomic E-state index is 2.47. The molecular weight excluding hydrogens is 319 g/mol. The minimum absolute atomic E-state index is 0. The molecule has 140 valence electrons. The van der Waals surface area contributed by atoms with Crippen molar-refractivity contribution in [1.82, 2.24) is 0 Å². The third-order valence-corrected chi connectivity index (χ3v) is 5.38. The zero-order valence-electron chi connectivity index (χ0n) is 16.6. The van der Waals surface area contributed by atoms with E-state index in [1.807, 2.05) is 0 Å². The molecule has 0 aliphatic heterocycles. The molecule has 0 saturated heterocycles. The Kier molecular flexibility index (Phi) is 21.0. The lowest BCUT2D eigenvalue weighted by Crippen LogP contribution is -3.00. The van der Waals surface area contributed by atoms with Crippen molar-refractivity contribution in [3.63, 3.8) is 0 Å². The molecule has 0 aromatic heterocycles. The summed E-state index contributed by atoms with van der Waals surface area (Å²) in [7, 11) is -0.684. The average molecular weight is 363 g/mol. The van der Waals surface area contributed by atoms with Crippen molar-refractivity contribution < 1.29 is 12.4 Å². The van der Waals surface area contributed by atoms with E-state index in [0.29, 0.717) is 0 Å². The van der Waals surface area contributed by atoms with Gasteiger partial charge in [0.25, 0.3) is 0 Å². The van der Waals surface area contributed by atoms with Crippen LogP contribution >= 0.6 is 7.26 Å². The van der Waals surface area contributed by atoms with Crippen LogP contribution in [0, 0.1) is 0 Å². The topological polar surface area (TPSA) is 0 Å². The molecule has 0 spiro atoms. The first-order chi connectivity index (χ1) is 10.6. The largest absolute Gasteiger partial charge is 1.00 e. The maximum absolute atomic E-state index is 2.47. The van der Waals surface area contributed by atoms with Gasteiger partial charge in [0.1, 0.15) is 0 Å². The monoisotopic (exact) mass is 362 g/mol. The molecule has 0 aliphatic carbocycles. The highest BCUT2D eigenvalue weighted by Crippen LogP contribution is 2.48. The van der Waals surface area contributed by atoms with Crippen LogP contribution in [0.3, 0.4) is 0 Å². The lowest BCUT2D eigenvalue weighted by molar-refractivity contribution is -0.00000515. The van der Waals surface area contributed by atoms with E-state index < -0.39 is 7.26 Å². The molecule has 0 radical (unpaired) electrons. The van der Waals surface area contributed by atoms with Gasteiger partial charge in [-0.3, -0.25) is 0 Å². The first kappa shape index (κ1) is 25.7. The first-order valence-corrected chi connectivity index (χ1v) is 13.2. The van der Waals surface area contributed by atoms with Gasteiger partial charge in [0.15, 0.2) is 0 Å². The number of hydrogen-bond acceptors (Lipinski definition) is 0. The Hall–Kier alpha value is 0.460. The van der Waals surface area contributed by atoms with Crippen LogP contribution in [-0.4, -0.2) is 20.0 Å². The van der Waals surface area contributed by atoms with Crippen LogP contribution < -0.4 is 12.4 Å². The molecule has 0 aromatic rings. The summed E-state index contributed by atoms with van der Waals surface area (Å²) in [5.74, 6) is 2.47. The molecule has 23 heavy (non-hydrogen) atoms. The average Bonchev–Trinajstić information content (AvgIpc) is 2.45. The van der Waals surface area contributed by atoms with Gasteiger partial charge in [-0.15, -0.1) is 0 Å². The van der Waals surface area contributed by atoms with Crippen LogP contribution in [-0.2, 0) is 0 Å². The molecule has 0 amide bonds. The Morgan fingerprint density at radius 2 is 0.913 bits per heavy atom. The van der Waals surface area contributed by atoms with E-state index in [-0.39, 0.29) is 12.4 Å². The van der Waals surface area contributed by atoms with Gasteiger partial charge in [0, 0.05) is 7.26 Å². The van der Waals surface area contributed by atoms with Gasteiger partial charge in [-0.05, 0) is 18.9 Å². The molecular formula is C21H44ClP.